The van der Waals surface area contributed by atoms with E-state index in [9.17, 15) is 4.79 Å². The average molecular weight is 223 g/mol. The van der Waals surface area contributed by atoms with Crippen LogP contribution in [0.25, 0.3) is 0 Å². The Morgan fingerprint density at radius 2 is 2.00 bits per heavy atom. The van der Waals surface area contributed by atoms with Gasteiger partial charge in [0.2, 0.25) is 0 Å². The normalized spacial score (nSPS) is 11.0. The van der Waals surface area contributed by atoms with E-state index in [4.69, 9.17) is 0 Å². The van der Waals surface area contributed by atoms with Gasteiger partial charge in [-0.3, -0.25) is 14.4 Å². The molecule has 16 heavy (non-hydrogen) atoms. The van der Waals surface area contributed by atoms with Crippen molar-refractivity contribution in [3.05, 3.63) is 17.5 Å². The van der Waals surface area contributed by atoms with Crippen LogP contribution in [0.5, 0.6) is 0 Å². The van der Waals surface area contributed by atoms with Crippen molar-refractivity contribution < 1.29 is 4.79 Å². The molecule has 0 aliphatic rings. The van der Waals surface area contributed by atoms with Crippen LogP contribution in [0.2, 0.25) is 0 Å². The van der Waals surface area contributed by atoms with Gasteiger partial charge in [-0.1, -0.05) is 13.8 Å². The molecule has 0 radical (unpaired) electrons. The lowest BCUT2D eigenvalue weighted by molar-refractivity contribution is 0.112. The second kappa shape index (κ2) is 6.43. The maximum Gasteiger partial charge on any atom is 0.153 e. The van der Waals surface area contributed by atoms with Crippen LogP contribution < -0.4 is 0 Å². The Morgan fingerprint density at radius 3 is 2.50 bits per heavy atom. The predicted molar refractivity (Wildman–Crippen MR) is 64.5 cm³/mol. The van der Waals surface area contributed by atoms with E-state index in [1.54, 1.807) is 10.9 Å². The summed E-state index contributed by atoms with van der Waals surface area (Å²) in [6.07, 6.45) is 4.92. The van der Waals surface area contributed by atoms with Gasteiger partial charge in [-0.05, 0) is 25.9 Å². The van der Waals surface area contributed by atoms with E-state index < -0.39 is 0 Å². The Labute approximate surface area is 97.2 Å². The quantitative estimate of drug-likeness (QED) is 0.662. The van der Waals surface area contributed by atoms with Gasteiger partial charge in [0.05, 0.1) is 11.3 Å². The summed E-state index contributed by atoms with van der Waals surface area (Å²) in [7, 11) is 1.85. The first-order valence-electron chi connectivity index (χ1n) is 5.91. The van der Waals surface area contributed by atoms with E-state index in [-0.39, 0.29) is 0 Å². The van der Waals surface area contributed by atoms with Gasteiger partial charge in [-0.15, -0.1) is 0 Å². The highest BCUT2D eigenvalue weighted by atomic mass is 16.1. The molecule has 0 atom stereocenters. The molecule has 1 heterocycles. The molecular weight excluding hydrogens is 202 g/mol. The van der Waals surface area contributed by atoms with E-state index in [2.05, 4.69) is 23.8 Å². The SMILES string of the molecule is CCCN(CCC)Cc1nn(C)cc1C=O. The van der Waals surface area contributed by atoms with Crippen molar-refractivity contribution in [3.8, 4) is 0 Å². The van der Waals surface area contributed by atoms with Crippen molar-refractivity contribution in [1.82, 2.24) is 14.7 Å². The fourth-order valence-corrected chi connectivity index (χ4v) is 1.89. The summed E-state index contributed by atoms with van der Waals surface area (Å²) in [4.78, 5) is 13.2. The summed E-state index contributed by atoms with van der Waals surface area (Å²) in [6, 6.07) is 0. The molecule has 1 aromatic heterocycles. The Hall–Kier alpha value is -1.16. The summed E-state index contributed by atoms with van der Waals surface area (Å²) in [5.74, 6) is 0. The molecule has 1 aromatic rings. The maximum atomic E-state index is 10.9. The van der Waals surface area contributed by atoms with Crippen molar-refractivity contribution >= 4 is 6.29 Å². The first kappa shape index (κ1) is 12.9. The molecule has 0 unspecified atom stereocenters. The standard InChI is InChI=1S/C12H21N3O/c1-4-6-15(7-5-2)9-12-11(10-16)8-14(3)13-12/h8,10H,4-7,9H2,1-3H3. The highest BCUT2D eigenvalue weighted by Gasteiger charge is 2.11. The molecule has 0 fully saturated rings. The summed E-state index contributed by atoms with van der Waals surface area (Å²) in [5, 5.41) is 4.33. The summed E-state index contributed by atoms with van der Waals surface area (Å²) >= 11 is 0. The third kappa shape index (κ3) is 3.45. The van der Waals surface area contributed by atoms with Gasteiger partial charge >= 0.3 is 0 Å². The number of aromatic nitrogens is 2. The molecule has 0 amide bonds. The number of nitrogens with zero attached hydrogens (tertiary/aromatic N) is 3. The zero-order valence-corrected chi connectivity index (χ0v) is 10.4. The highest BCUT2D eigenvalue weighted by molar-refractivity contribution is 5.75. The zero-order chi connectivity index (χ0) is 12.0. The van der Waals surface area contributed by atoms with E-state index in [1.165, 1.54) is 0 Å². The molecule has 0 aliphatic heterocycles. The number of aryl methyl sites for hydroxylation is 1. The third-order valence-electron chi connectivity index (χ3n) is 2.52. The minimum atomic E-state index is 0.708. The Morgan fingerprint density at radius 1 is 1.38 bits per heavy atom. The van der Waals surface area contributed by atoms with Crippen molar-refractivity contribution in [1.29, 1.82) is 0 Å². The number of carbonyl (C=O) groups is 1. The summed E-state index contributed by atoms with van der Waals surface area (Å²) in [5.41, 5.74) is 1.60. The fraction of sp³-hybridized carbons (Fsp3) is 0.667. The molecule has 4 nitrogen and oxygen atoms in total. The summed E-state index contributed by atoms with van der Waals surface area (Å²) < 4.78 is 1.70. The zero-order valence-electron chi connectivity index (χ0n) is 10.4. The van der Waals surface area contributed by atoms with Gasteiger partial charge in [-0.2, -0.15) is 5.10 Å². The Balaban J connectivity index is 2.71. The topological polar surface area (TPSA) is 38.1 Å². The van der Waals surface area contributed by atoms with Crippen LogP contribution in [0.4, 0.5) is 0 Å². The van der Waals surface area contributed by atoms with Crippen molar-refractivity contribution in [2.45, 2.75) is 33.2 Å². The first-order valence-corrected chi connectivity index (χ1v) is 5.91. The van der Waals surface area contributed by atoms with E-state index in [1.807, 2.05) is 7.05 Å². The van der Waals surface area contributed by atoms with Crippen LogP contribution in [-0.2, 0) is 13.6 Å². The van der Waals surface area contributed by atoms with Crippen LogP contribution in [0, 0.1) is 0 Å². The lowest BCUT2D eigenvalue weighted by Gasteiger charge is -2.19. The largest absolute Gasteiger partial charge is 0.298 e. The van der Waals surface area contributed by atoms with Crippen LogP contribution in [-0.4, -0.2) is 34.1 Å². The van der Waals surface area contributed by atoms with Gasteiger partial charge in [0, 0.05) is 19.8 Å². The monoisotopic (exact) mass is 223 g/mol. The van der Waals surface area contributed by atoms with Crippen LogP contribution >= 0.6 is 0 Å². The highest BCUT2D eigenvalue weighted by Crippen LogP contribution is 2.08. The molecule has 0 aliphatic carbocycles. The smallest absolute Gasteiger partial charge is 0.153 e. The maximum absolute atomic E-state index is 10.9. The number of rotatable bonds is 7. The molecule has 0 bridgehead atoms. The second-order valence-corrected chi connectivity index (χ2v) is 4.10. The molecule has 1 rings (SSSR count). The minimum Gasteiger partial charge on any atom is -0.298 e. The third-order valence-corrected chi connectivity index (χ3v) is 2.52. The lowest BCUT2D eigenvalue weighted by atomic mass is 10.2. The Bertz CT molecular complexity index is 327. The van der Waals surface area contributed by atoms with E-state index in [0.717, 1.165) is 44.5 Å². The number of hydrogen-bond acceptors (Lipinski definition) is 3. The van der Waals surface area contributed by atoms with Gasteiger partial charge < -0.3 is 0 Å². The number of carbonyl (C=O) groups excluding carboxylic acids is 1. The van der Waals surface area contributed by atoms with Gasteiger partial charge in [0.1, 0.15) is 0 Å². The van der Waals surface area contributed by atoms with Gasteiger partial charge in [0.25, 0.3) is 0 Å². The van der Waals surface area contributed by atoms with Gasteiger partial charge in [0.15, 0.2) is 6.29 Å². The van der Waals surface area contributed by atoms with Crippen LogP contribution in [0.3, 0.4) is 0 Å². The average Bonchev–Trinajstić information content (AvgIpc) is 2.59. The first-order chi connectivity index (χ1) is 7.71. The number of hydrogen-bond donors (Lipinski definition) is 0. The predicted octanol–water partition coefficient (Wildman–Crippen LogP) is 1.85. The van der Waals surface area contributed by atoms with Crippen molar-refractivity contribution in [3.63, 3.8) is 0 Å². The fourth-order valence-electron chi connectivity index (χ4n) is 1.89. The lowest BCUT2D eigenvalue weighted by Crippen LogP contribution is -2.25. The van der Waals surface area contributed by atoms with Gasteiger partial charge in [-0.25, -0.2) is 0 Å². The Kier molecular flexibility index (Phi) is 5.19. The molecule has 0 spiro atoms. The molecule has 0 N–H and O–H groups in total. The molecule has 4 heteroatoms. The molecular formula is C12H21N3O. The van der Waals surface area contributed by atoms with Crippen molar-refractivity contribution in [2.24, 2.45) is 7.05 Å². The van der Waals surface area contributed by atoms with E-state index >= 15 is 0 Å². The van der Waals surface area contributed by atoms with Crippen molar-refractivity contribution in [2.75, 3.05) is 13.1 Å². The molecule has 0 saturated heterocycles. The van der Waals surface area contributed by atoms with Crippen LogP contribution in [0.1, 0.15) is 42.7 Å². The molecule has 0 saturated carbocycles. The van der Waals surface area contributed by atoms with Crippen LogP contribution in [0.15, 0.2) is 6.20 Å². The minimum absolute atomic E-state index is 0.708. The van der Waals surface area contributed by atoms with E-state index in [0.29, 0.717) is 5.56 Å². The number of aldehydes is 1. The molecule has 90 valence electrons. The molecule has 0 aromatic carbocycles. The summed E-state index contributed by atoms with van der Waals surface area (Å²) in [6.45, 7) is 7.23. The second-order valence-electron chi connectivity index (χ2n) is 4.10.